The molecule has 0 spiro atoms. The van der Waals surface area contributed by atoms with Crippen molar-refractivity contribution in [3.8, 4) is 0 Å². The van der Waals surface area contributed by atoms with Crippen molar-refractivity contribution in [2.45, 2.75) is 289 Å². The quantitative estimate of drug-likeness (QED) is 0.0364. The fraction of sp³-hybridized carbons (Fsp3) is 0.868. The van der Waals surface area contributed by atoms with Gasteiger partial charge in [-0.3, -0.25) is 4.79 Å². The predicted molar refractivity (Wildman–Crippen MR) is 254 cm³/mol. The van der Waals surface area contributed by atoms with Gasteiger partial charge in [-0.2, -0.15) is 0 Å². The van der Waals surface area contributed by atoms with Crippen molar-refractivity contribution in [3.05, 3.63) is 36.5 Å². The van der Waals surface area contributed by atoms with Crippen LogP contribution in [0.5, 0.6) is 0 Å². The Morgan fingerprint density at radius 1 is 0.431 bits per heavy atom. The average molecular weight is 816 g/mol. The van der Waals surface area contributed by atoms with E-state index >= 15 is 0 Å². The van der Waals surface area contributed by atoms with Crippen LogP contribution in [-0.4, -0.2) is 46.1 Å². The Labute approximate surface area is 362 Å². The van der Waals surface area contributed by atoms with Gasteiger partial charge < -0.3 is 20.6 Å². The van der Waals surface area contributed by atoms with Gasteiger partial charge in [-0.1, -0.05) is 256 Å². The first-order chi connectivity index (χ1) is 28.5. The van der Waals surface area contributed by atoms with Gasteiger partial charge >= 0.3 is 0 Å². The number of allylic oxidation sites excluding steroid dienone is 5. The van der Waals surface area contributed by atoms with E-state index in [0.29, 0.717) is 6.42 Å². The molecule has 0 fully saturated rings. The van der Waals surface area contributed by atoms with Crippen molar-refractivity contribution >= 4 is 5.91 Å². The molecule has 0 aliphatic rings. The molecule has 0 heterocycles. The van der Waals surface area contributed by atoms with Crippen LogP contribution >= 0.6 is 0 Å². The van der Waals surface area contributed by atoms with Crippen LogP contribution in [0.1, 0.15) is 271 Å². The van der Waals surface area contributed by atoms with E-state index in [1.165, 1.54) is 205 Å². The molecular formula is C53H101NO4. The number of rotatable bonds is 47. The van der Waals surface area contributed by atoms with Crippen LogP contribution in [0.4, 0.5) is 0 Å². The first kappa shape index (κ1) is 56.6. The molecule has 0 aliphatic heterocycles. The van der Waals surface area contributed by atoms with Crippen LogP contribution in [0.2, 0.25) is 0 Å². The Hall–Kier alpha value is -1.43. The van der Waals surface area contributed by atoms with Crippen molar-refractivity contribution in [1.82, 2.24) is 5.32 Å². The van der Waals surface area contributed by atoms with Gasteiger partial charge in [0.2, 0.25) is 5.91 Å². The predicted octanol–water partition coefficient (Wildman–Crippen LogP) is 15.5. The fourth-order valence-electron chi connectivity index (χ4n) is 7.96. The molecule has 1 amide bonds. The van der Waals surface area contributed by atoms with Gasteiger partial charge in [0.05, 0.1) is 31.3 Å². The monoisotopic (exact) mass is 816 g/mol. The van der Waals surface area contributed by atoms with E-state index < -0.39 is 18.2 Å². The van der Waals surface area contributed by atoms with Crippen molar-refractivity contribution in [3.63, 3.8) is 0 Å². The van der Waals surface area contributed by atoms with Gasteiger partial charge in [-0.25, -0.2) is 0 Å². The van der Waals surface area contributed by atoms with Crippen molar-refractivity contribution in [2.24, 2.45) is 0 Å². The number of hydrogen-bond donors (Lipinski definition) is 4. The molecule has 0 saturated carbocycles. The van der Waals surface area contributed by atoms with E-state index in [2.05, 4.69) is 43.5 Å². The zero-order chi connectivity index (χ0) is 42.3. The number of aliphatic hydroxyl groups is 3. The summed E-state index contributed by atoms with van der Waals surface area (Å²) in [7, 11) is 0. The second-order valence-corrected chi connectivity index (χ2v) is 17.8. The molecule has 0 radical (unpaired) electrons. The third-order valence-electron chi connectivity index (χ3n) is 11.9. The summed E-state index contributed by atoms with van der Waals surface area (Å²) in [6, 6.07) is -0.766. The van der Waals surface area contributed by atoms with Gasteiger partial charge in [0.25, 0.3) is 0 Å². The van der Waals surface area contributed by atoms with Crippen molar-refractivity contribution in [1.29, 1.82) is 0 Å². The second kappa shape index (κ2) is 48.2. The summed E-state index contributed by atoms with van der Waals surface area (Å²) in [5, 5.41) is 33.3. The minimum absolute atomic E-state index is 0.00549. The van der Waals surface area contributed by atoms with Gasteiger partial charge in [-0.15, -0.1) is 0 Å². The zero-order valence-electron chi connectivity index (χ0n) is 38.9. The zero-order valence-corrected chi connectivity index (χ0v) is 38.9. The van der Waals surface area contributed by atoms with Crippen LogP contribution in [-0.2, 0) is 4.79 Å². The largest absolute Gasteiger partial charge is 0.394 e. The summed E-state index contributed by atoms with van der Waals surface area (Å²) in [5.41, 5.74) is 0. The smallest absolute Gasteiger partial charge is 0.222 e. The van der Waals surface area contributed by atoms with Crippen LogP contribution in [0.25, 0.3) is 0 Å². The lowest BCUT2D eigenvalue weighted by Gasteiger charge is -2.21. The molecule has 0 aromatic rings. The Bertz CT molecular complexity index is 901. The Morgan fingerprint density at radius 2 is 0.741 bits per heavy atom. The molecule has 58 heavy (non-hydrogen) atoms. The molecule has 5 heteroatoms. The molecule has 0 rings (SSSR count). The summed E-state index contributed by atoms with van der Waals surface area (Å²) in [4.78, 5) is 12.5. The Balaban J connectivity index is 3.63. The van der Waals surface area contributed by atoms with Gasteiger partial charge in [0.15, 0.2) is 0 Å². The number of hydrogen-bond acceptors (Lipinski definition) is 4. The van der Waals surface area contributed by atoms with E-state index in [1.54, 1.807) is 6.08 Å². The highest BCUT2D eigenvalue weighted by molar-refractivity contribution is 5.76. The van der Waals surface area contributed by atoms with Gasteiger partial charge in [0, 0.05) is 0 Å². The average Bonchev–Trinajstić information content (AvgIpc) is 3.22. The van der Waals surface area contributed by atoms with Gasteiger partial charge in [0.1, 0.15) is 0 Å². The number of carbonyl (C=O) groups excluding carboxylic acids is 1. The van der Waals surface area contributed by atoms with Crippen LogP contribution < -0.4 is 5.32 Å². The minimum atomic E-state index is -0.958. The minimum Gasteiger partial charge on any atom is -0.394 e. The molecule has 3 unspecified atom stereocenters. The molecule has 4 N–H and O–H groups in total. The molecule has 0 aliphatic carbocycles. The lowest BCUT2D eigenvalue weighted by Crippen LogP contribution is -2.45. The highest BCUT2D eigenvalue weighted by Crippen LogP contribution is 2.17. The molecule has 0 aromatic heterocycles. The Kier molecular flexibility index (Phi) is 47.0. The number of unbranched alkanes of at least 4 members (excludes halogenated alkanes) is 34. The first-order valence-electron chi connectivity index (χ1n) is 25.8. The molecule has 3 atom stereocenters. The van der Waals surface area contributed by atoms with E-state index in [4.69, 9.17) is 0 Å². The standard InChI is InChI=1S/C53H101NO4/c1-3-5-7-9-11-13-15-17-19-21-23-24-25-26-27-29-30-32-34-36-38-40-42-44-46-50(56)48-53(58)54-51(49-55)52(57)47-45-43-41-39-37-35-33-31-28-22-20-18-16-14-12-10-8-6-4-2/h28,31,37,39,45,47,50-52,55-57H,3-27,29-30,32-36,38,40-44,46,48-49H2,1-2H3,(H,54,58)/b31-28+,39-37+,47-45+. The molecule has 0 saturated heterocycles. The van der Waals surface area contributed by atoms with Crippen LogP contribution in [0.3, 0.4) is 0 Å². The van der Waals surface area contributed by atoms with E-state index in [9.17, 15) is 20.1 Å². The fourth-order valence-corrected chi connectivity index (χ4v) is 7.96. The maximum Gasteiger partial charge on any atom is 0.222 e. The summed E-state index contributed by atoms with van der Waals surface area (Å²) >= 11 is 0. The molecule has 5 nitrogen and oxygen atoms in total. The number of amides is 1. The van der Waals surface area contributed by atoms with Crippen LogP contribution in [0, 0.1) is 0 Å². The highest BCUT2D eigenvalue weighted by Gasteiger charge is 2.20. The molecule has 0 bridgehead atoms. The van der Waals surface area contributed by atoms with E-state index in [-0.39, 0.29) is 18.9 Å². The normalized spacial score (nSPS) is 13.7. The highest BCUT2D eigenvalue weighted by atomic mass is 16.3. The Morgan fingerprint density at radius 3 is 1.10 bits per heavy atom. The van der Waals surface area contributed by atoms with Crippen LogP contribution in [0.15, 0.2) is 36.5 Å². The van der Waals surface area contributed by atoms with Gasteiger partial charge in [-0.05, 0) is 44.9 Å². The lowest BCUT2D eigenvalue weighted by atomic mass is 10.0. The summed E-state index contributed by atoms with van der Waals surface area (Å²) in [6.07, 6.45) is 61.7. The third-order valence-corrected chi connectivity index (χ3v) is 11.9. The summed E-state index contributed by atoms with van der Waals surface area (Å²) in [5.74, 6) is -0.325. The third kappa shape index (κ3) is 44.1. The molecule has 342 valence electrons. The van der Waals surface area contributed by atoms with E-state index in [1.807, 2.05) is 6.08 Å². The number of aliphatic hydroxyl groups excluding tert-OH is 3. The molecular weight excluding hydrogens is 715 g/mol. The first-order valence-corrected chi connectivity index (χ1v) is 25.8. The van der Waals surface area contributed by atoms with Crippen molar-refractivity contribution in [2.75, 3.05) is 6.61 Å². The maximum absolute atomic E-state index is 12.5. The summed E-state index contributed by atoms with van der Waals surface area (Å²) in [6.45, 7) is 4.22. The maximum atomic E-state index is 12.5. The second-order valence-electron chi connectivity index (χ2n) is 17.8. The molecule has 0 aromatic carbocycles. The van der Waals surface area contributed by atoms with E-state index in [0.717, 1.165) is 38.5 Å². The lowest BCUT2D eigenvalue weighted by molar-refractivity contribution is -0.124. The van der Waals surface area contributed by atoms with Crippen molar-refractivity contribution < 1.29 is 20.1 Å². The number of carbonyl (C=O) groups is 1. The topological polar surface area (TPSA) is 89.8 Å². The summed E-state index contributed by atoms with van der Waals surface area (Å²) < 4.78 is 0. The number of nitrogens with one attached hydrogen (secondary N) is 1. The SMILES string of the molecule is CCCCCCCCCCC/C=C/CC/C=C/CC/C=C/C(O)C(CO)NC(=O)CC(O)CCCCCCCCCCCCCCCCCCCCCCCCCC.